The Kier molecular flexibility index (Phi) is 4.79. The van der Waals surface area contributed by atoms with E-state index in [-0.39, 0.29) is 5.69 Å². The molecule has 0 amide bonds. The van der Waals surface area contributed by atoms with Crippen molar-refractivity contribution in [1.29, 1.82) is 0 Å². The van der Waals surface area contributed by atoms with Gasteiger partial charge in [0.15, 0.2) is 5.96 Å². The van der Waals surface area contributed by atoms with Crippen molar-refractivity contribution in [2.75, 3.05) is 6.54 Å². The number of hydrogen-bond donors (Lipinski definition) is 2. The molecule has 1 saturated carbocycles. The largest absolute Gasteiger partial charge is 0.370 e. The Morgan fingerprint density at radius 2 is 2.30 bits per heavy atom. The molecular weight excluding hydrogens is 280 g/mol. The van der Waals surface area contributed by atoms with Crippen LogP contribution in [0, 0.1) is 16.0 Å². The SMILES string of the molecule is NC(=NCc1ccc([N+](=O)[O-])cc1Cl)NCC1CCC1. The van der Waals surface area contributed by atoms with Crippen molar-refractivity contribution in [3.63, 3.8) is 0 Å². The van der Waals surface area contributed by atoms with Crippen molar-refractivity contribution in [3.8, 4) is 0 Å². The van der Waals surface area contributed by atoms with Gasteiger partial charge in [0.2, 0.25) is 0 Å². The van der Waals surface area contributed by atoms with E-state index in [1.54, 1.807) is 6.07 Å². The molecule has 0 heterocycles. The third-order valence-corrected chi connectivity index (χ3v) is 3.82. The van der Waals surface area contributed by atoms with Gasteiger partial charge in [0.25, 0.3) is 5.69 Å². The second-order valence-corrected chi connectivity index (χ2v) is 5.32. The van der Waals surface area contributed by atoms with Crippen LogP contribution in [0.3, 0.4) is 0 Å². The number of guanidine groups is 1. The van der Waals surface area contributed by atoms with Crippen LogP contribution in [0.4, 0.5) is 5.69 Å². The first-order valence-corrected chi connectivity index (χ1v) is 6.90. The summed E-state index contributed by atoms with van der Waals surface area (Å²) in [6, 6.07) is 4.34. The van der Waals surface area contributed by atoms with Crippen molar-refractivity contribution in [1.82, 2.24) is 5.32 Å². The molecule has 1 aliphatic carbocycles. The highest BCUT2D eigenvalue weighted by Crippen LogP contribution is 2.25. The molecule has 3 N–H and O–H groups in total. The topological polar surface area (TPSA) is 93.5 Å². The summed E-state index contributed by atoms with van der Waals surface area (Å²) in [5, 5.41) is 14.0. The first-order chi connectivity index (χ1) is 9.56. The first kappa shape index (κ1) is 14.6. The summed E-state index contributed by atoms with van der Waals surface area (Å²) in [5.41, 5.74) is 6.45. The Morgan fingerprint density at radius 3 is 2.85 bits per heavy atom. The second kappa shape index (κ2) is 6.56. The number of hydrogen-bond acceptors (Lipinski definition) is 3. The van der Waals surface area contributed by atoms with Crippen molar-refractivity contribution < 1.29 is 4.92 Å². The Morgan fingerprint density at radius 1 is 1.55 bits per heavy atom. The molecule has 2 rings (SSSR count). The van der Waals surface area contributed by atoms with Crippen LogP contribution in [0.2, 0.25) is 5.02 Å². The predicted octanol–water partition coefficient (Wildman–Crippen LogP) is 2.45. The lowest BCUT2D eigenvalue weighted by Gasteiger charge is -2.25. The molecule has 1 aromatic carbocycles. The summed E-state index contributed by atoms with van der Waals surface area (Å²) in [6.45, 7) is 1.16. The third kappa shape index (κ3) is 3.84. The van der Waals surface area contributed by atoms with Gasteiger partial charge in [-0.2, -0.15) is 0 Å². The number of nitrogens with one attached hydrogen (secondary N) is 1. The van der Waals surface area contributed by atoms with Crippen LogP contribution >= 0.6 is 11.6 Å². The number of nitro benzene ring substituents is 1. The van der Waals surface area contributed by atoms with Gasteiger partial charge in [-0.05, 0) is 30.4 Å². The number of nitrogens with zero attached hydrogens (tertiary/aromatic N) is 2. The summed E-state index contributed by atoms with van der Waals surface area (Å²) in [7, 11) is 0. The van der Waals surface area contributed by atoms with E-state index < -0.39 is 4.92 Å². The zero-order valence-corrected chi connectivity index (χ0v) is 11.8. The van der Waals surface area contributed by atoms with Gasteiger partial charge in [0.1, 0.15) is 0 Å². The number of nitrogens with two attached hydrogens (primary N) is 1. The van der Waals surface area contributed by atoms with E-state index in [1.807, 2.05) is 0 Å². The van der Waals surface area contributed by atoms with Gasteiger partial charge in [0, 0.05) is 18.7 Å². The molecule has 0 spiro atoms. The predicted molar refractivity (Wildman–Crippen MR) is 78.8 cm³/mol. The van der Waals surface area contributed by atoms with E-state index >= 15 is 0 Å². The third-order valence-electron chi connectivity index (χ3n) is 3.46. The maximum absolute atomic E-state index is 10.6. The van der Waals surface area contributed by atoms with E-state index in [1.165, 1.54) is 31.4 Å². The molecule has 7 heteroatoms. The average molecular weight is 297 g/mol. The van der Waals surface area contributed by atoms with Gasteiger partial charge in [-0.15, -0.1) is 0 Å². The summed E-state index contributed by atoms with van der Waals surface area (Å²) in [5.74, 6) is 1.08. The summed E-state index contributed by atoms with van der Waals surface area (Å²) in [4.78, 5) is 14.3. The minimum atomic E-state index is -0.479. The van der Waals surface area contributed by atoms with Gasteiger partial charge in [-0.1, -0.05) is 18.0 Å². The number of halogens is 1. The van der Waals surface area contributed by atoms with Gasteiger partial charge in [0.05, 0.1) is 16.5 Å². The first-order valence-electron chi connectivity index (χ1n) is 6.53. The quantitative estimate of drug-likeness (QED) is 0.378. The highest BCUT2D eigenvalue weighted by atomic mass is 35.5. The summed E-state index contributed by atoms with van der Waals surface area (Å²) >= 11 is 5.98. The van der Waals surface area contributed by atoms with E-state index in [4.69, 9.17) is 17.3 Å². The number of benzene rings is 1. The van der Waals surface area contributed by atoms with Crippen molar-refractivity contribution in [2.45, 2.75) is 25.8 Å². The highest BCUT2D eigenvalue weighted by molar-refractivity contribution is 6.31. The fourth-order valence-electron chi connectivity index (χ4n) is 1.95. The maximum Gasteiger partial charge on any atom is 0.270 e. The van der Waals surface area contributed by atoms with E-state index in [0.29, 0.717) is 29.0 Å². The zero-order valence-electron chi connectivity index (χ0n) is 11.0. The standard InChI is InChI=1S/C13H17ClN4O2/c14-12-6-11(18(19)20)5-4-10(12)8-17-13(15)16-7-9-2-1-3-9/h4-6,9H,1-3,7-8H2,(H3,15,16,17). The van der Waals surface area contributed by atoms with Crippen molar-refractivity contribution in [2.24, 2.45) is 16.6 Å². The van der Waals surface area contributed by atoms with E-state index in [9.17, 15) is 10.1 Å². The van der Waals surface area contributed by atoms with Crippen molar-refractivity contribution in [3.05, 3.63) is 38.9 Å². The van der Waals surface area contributed by atoms with Crippen LogP contribution in [-0.4, -0.2) is 17.4 Å². The molecular formula is C13H17ClN4O2. The monoisotopic (exact) mass is 296 g/mol. The normalized spacial score (nSPS) is 15.8. The lowest BCUT2D eigenvalue weighted by atomic mass is 9.85. The zero-order chi connectivity index (χ0) is 14.5. The maximum atomic E-state index is 10.6. The number of non-ortho nitro benzene ring substituents is 1. The summed E-state index contributed by atoms with van der Waals surface area (Å²) in [6.07, 6.45) is 3.78. The fourth-order valence-corrected chi connectivity index (χ4v) is 2.18. The van der Waals surface area contributed by atoms with Crippen LogP contribution in [0.1, 0.15) is 24.8 Å². The van der Waals surface area contributed by atoms with Gasteiger partial charge in [-0.25, -0.2) is 4.99 Å². The Bertz CT molecular complexity index is 529. The molecule has 0 bridgehead atoms. The van der Waals surface area contributed by atoms with Gasteiger partial charge in [-0.3, -0.25) is 10.1 Å². The molecule has 0 aromatic heterocycles. The smallest absolute Gasteiger partial charge is 0.270 e. The molecule has 20 heavy (non-hydrogen) atoms. The molecule has 0 atom stereocenters. The molecule has 0 saturated heterocycles. The summed E-state index contributed by atoms with van der Waals surface area (Å²) < 4.78 is 0. The minimum absolute atomic E-state index is 0.0289. The van der Waals surface area contributed by atoms with E-state index in [0.717, 1.165) is 6.54 Å². The van der Waals surface area contributed by atoms with Crippen LogP contribution in [0.15, 0.2) is 23.2 Å². The fraction of sp³-hybridized carbons (Fsp3) is 0.462. The molecule has 108 valence electrons. The van der Waals surface area contributed by atoms with Crippen LogP contribution in [0.5, 0.6) is 0 Å². The lowest BCUT2D eigenvalue weighted by molar-refractivity contribution is -0.384. The molecule has 0 unspecified atom stereocenters. The second-order valence-electron chi connectivity index (χ2n) is 4.91. The van der Waals surface area contributed by atoms with Crippen LogP contribution in [-0.2, 0) is 6.54 Å². The Hall–Kier alpha value is -1.82. The van der Waals surface area contributed by atoms with Crippen LogP contribution in [0.25, 0.3) is 0 Å². The molecule has 1 aliphatic rings. The Labute approximate surface area is 122 Å². The number of aliphatic imine (C=N–C) groups is 1. The van der Waals surface area contributed by atoms with Crippen molar-refractivity contribution >= 4 is 23.2 Å². The molecule has 1 fully saturated rings. The lowest BCUT2D eigenvalue weighted by Crippen LogP contribution is -2.37. The van der Waals surface area contributed by atoms with Gasteiger partial charge < -0.3 is 11.1 Å². The molecule has 1 aromatic rings. The molecule has 0 radical (unpaired) electrons. The number of nitro groups is 1. The highest BCUT2D eigenvalue weighted by Gasteiger charge is 2.16. The molecule has 0 aliphatic heterocycles. The van der Waals surface area contributed by atoms with E-state index in [2.05, 4.69) is 10.3 Å². The average Bonchev–Trinajstić information content (AvgIpc) is 2.35. The number of rotatable bonds is 5. The Balaban J connectivity index is 1.90. The van der Waals surface area contributed by atoms with Crippen LogP contribution < -0.4 is 11.1 Å². The van der Waals surface area contributed by atoms with Gasteiger partial charge >= 0.3 is 0 Å². The minimum Gasteiger partial charge on any atom is -0.370 e. The molecule has 6 nitrogen and oxygen atoms in total.